The minimum atomic E-state index is -3.43. The van der Waals surface area contributed by atoms with Crippen molar-refractivity contribution in [1.29, 1.82) is 0 Å². The first-order valence-corrected chi connectivity index (χ1v) is 15.3. The van der Waals surface area contributed by atoms with Gasteiger partial charge in [0.2, 0.25) is 0 Å². The van der Waals surface area contributed by atoms with E-state index in [1.807, 2.05) is 0 Å². The molecule has 7 heteroatoms. The Morgan fingerprint density at radius 2 is 1.59 bits per heavy atom. The van der Waals surface area contributed by atoms with E-state index in [-0.39, 0.29) is 17.8 Å². The van der Waals surface area contributed by atoms with Crippen molar-refractivity contribution >= 4 is 46.5 Å². The van der Waals surface area contributed by atoms with E-state index in [2.05, 4.69) is 0 Å². The summed E-state index contributed by atoms with van der Waals surface area (Å²) in [6.07, 6.45) is 5.39. The third kappa shape index (κ3) is 10.5. The molecule has 2 N–H and O–H groups in total. The van der Waals surface area contributed by atoms with E-state index in [9.17, 15) is 4.79 Å². The summed E-state index contributed by atoms with van der Waals surface area (Å²) in [6, 6.07) is 0. The summed E-state index contributed by atoms with van der Waals surface area (Å²) in [5.41, 5.74) is 0. The summed E-state index contributed by atoms with van der Waals surface area (Å²) >= 11 is 0. The van der Waals surface area contributed by atoms with E-state index in [0.29, 0.717) is 6.42 Å². The molecule has 0 aromatic heterocycles. The third-order valence-electron chi connectivity index (χ3n) is 2.59. The molecule has 0 saturated carbocycles. The normalized spacial score (nSPS) is 13.6. The molecule has 0 amide bonds. The van der Waals surface area contributed by atoms with E-state index in [1.54, 1.807) is 0 Å². The number of carboxylic acids is 1. The average molecular weight is 366 g/mol. The predicted octanol–water partition coefficient (Wildman–Crippen LogP) is 3.82. The van der Waals surface area contributed by atoms with Gasteiger partial charge in [-0.3, -0.25) is 0 Å². The molecular formula is C10H19Cl3GeO3. The second kappa shape index (κ2) is 9.73. The van der Waals surface area contributed by atoms with Crippen molar-refractivity contribution in [2.75, 3.05) is 6.61 Å². The van der Waals surface area contributed by atoms with Gasteiger partial charge in [-0.1, -0.05) is 0 Å². The van der Waals surface area contributed by atoms with Gasteiger partial charge in [0.1, 0.15) is 0 Å². The van der Waals surface area contributed by atoms with Crippen molar-refractivity contribution in [2.45, 2.75) is 49.7 Å². The number of aliphatic hydroxyl groups is 1. The molecule has 17 heavy (non-hydrogen) atoms. The predicted molar refractivity (Wildman–Crippen MR) is 74.1 cm³/mol. The van der Waals surface area contributed by atoms with Crippen LogP contribution in [0.2, 0.25) is 4.75 Å². The maximum atomic E-state index is 10.7. The Kier molecular flexibility index (Phi) is 10.2. The quantitative estimate of drug-likeness (QED) is 0.457. The monoisotopic (exact) mass is 366 g/mol. The van der Waals surface area contributed by atoms with E-state index in [4.69, 9.17) is 40.2 Å². The van der Waals surface area contributed by atoms with Crippen LogP contribution in [0.1, 0.15) is 44.9 Å². The van der Waals surface area contributed by atoms with Crippen LogP contribution >= 0.6 is 30.0 Å². The zero-order chi connectivity index (χ0) is 13.3. The Morgan fingerprint density at radius 3 is 2.06 bits per heavy atom. The first-order valence-electron chi connectivity index (χ1n) is 5.77. The molecule has 0 bridgehead atoms. The van der Waals surface area contributed by atoms with Crippen LogP contribution in [-0.4, -0.2) is 33.3 Å². The molecule has 102 valence electrons. The second-order valence-electron chi connectivity index (χ2n) is 4.12. The van der Waals surface area contributed by atoms with Gasteiger partial charge in [-0.25, -0.2) is 0 Å². The minimum absolute atomic E-state index is 0.0346. The van der Waals surface area contributed by atoms with Crippen molar-refractivity contribution in [3.8, 4) is 0 Å². The second-order valence-corrected chi connectivity index (χ2v) is 20.4. The molecule has 1 atom stereocenters. The molecule has 0 aliphatic heterocycles. The summed E-state index contributed by atoms with van der Waals surface area (Å²) in [5.74, 6) is -0.896. The Hall–Kier alpha value is 0.843. The zero-order valence-corrected chi connectivity index (χ0v) is 14.0. The number of carbonyl (C=O) groups is 1. The SMILES string of the molecule is O=C(O)C[CH](CCCCCCCO)[Ge]([Cl])([Cl])[Cl]. The van der Waals surface area contributed by atoms with E-state index in [1.165, 1.54) is 0 Å². The molecule has 3 nitrogen and oxygen atoms in total. The molecule has 0 spiro atoms. The van der Waals surface area contributed by atoms with Crippen LogP contribution in [-0.2, 0) is 4.79 Å². The fourth-order valence-corrected chi connectivity index (χ4v) is 6.50. The van der Waals surface area contributed by atoms with Crippen LogP contribution < -0.4 is 0 Å². The number of halogens is 3. The molecule has 0 saturated heterocycles. The summed E-state index contributed by atoms with van der Waals surface area (Å²) in [4.78, 5) is 10.7. The molecule has 0 aliphatic carbocycles. The molecule has 0 radical (unpaired) electrons. The first kappa shape index (κ1) is 17.8. The van der Waals surface area contributed by atoms with Crippen molar-refractivity contribution in [2.24, 2.45) is 0 Å². The molecule has 0 fully saturated rings. The van der Waals surface area contributed by atoms with Crippen LogP contribution in [0.25, 0.3) is 0 Å². The number of rotatable bonds is 10. The molecular weight excluding hydrogens is 347 g/mol. The Balaban J connectivity index is 3.81. The Bertz CT molecular complexity index is 221. The van der Waals surface area contributed by atoms with Crippen molar-refractivity contribution in [1.82, 2.24) is 0 Å². The first-order chi connectivity index (χ1) is 7.88. The molecule has 0 aromatic carbocycles. The van der Waals surface area contributed by atoms with Gasteiger partial charge in [-0.2, -0.15) is 0 Å². The van der Waals surface area contributed by atoms with Crippen LogP contribution in [0, 0.1) is 0 Å². The third-order valence-corrected chi connectivity index (χ3v) is 10.4. The molecule has 1 unspecified atom stereocenters. The van der Waals surface area contributed by atoms with Crippen molar-refractivity contribution in [3.05, 3.63) is 0 Å². The van der Waals surface area contributed by atoms with E-state index >= 15 is 0 Å². The van der Waals surface area contributed by atoms with E-state index < -0.39 is 16.4 Å². The maximum absolute atomic E-state index is 10.7. The standard InChI is InChI=1S/C10H19Cl3GeO3/c11-14(12,13)9(8-10(16)17)6-4-2-1-3-5-7-15/h9,15H,1-8H2,(H,16,17). The number of hydrogen-bond acceptors (Lipinski definition) is 2. The van der Waals surface area contributed by atoms with Gasteiger partial charge in [0, 0.05) is 0 Å². The molecule has 0 aliphatic rings. The van der Waals surface area contributed by atoms with Gasteiger partial charge in [0.05, 0.1) is 0 Å². The number of hydrogen-bond donors (Lipinski definition) is 2. The van der Waals surface area contributed by atoms with Gasteiger partial charge >= 0.3 is 118 Å². The van der Waals surface area contributed by atoms with Gasteiger partial charge in [-0.15, -0.1) is 0 Å². The van der Waals surface area contributed by atoms with Gasteiger partial charge in [-0.05, 0) is 0 Å². The summed E-state index contributed by atoms with van der Waals surface area (Å²) < 4.78 is -0.254. The van der Waals surface area contributed by atoms with Crippen LogP contribution in [0.15, 0.2) is 0 Å². The van der Waals surface area contributed by atoms with Crippen molar-refractivity contribution in [3.63, 3.8) is 0 Å². The van der Waals surface area contributed by atoms with Crippen LogP contribution in [0.4, 0.5) is 0 Å². The summed E-state index contributed by atoms with van der Waals surface area (Å²) in [6.45, 7) is 0.227. The van der Waals surface area contributed by atoms with Crippen LogP contribution in [0.3, 0.4) is 0 Å². The number of aliphatic carboxylic acids is 1. The fourth-order valence-electron chi connectivity index (χ4n) is 1.63. The molecule has 0 heterocycles. The number of carboxylic acid groups (broad SMARTS) is 1. The number of aliphatic hydroxyl groups excluding tert-OH is 1. The molecule has 0 aromatic rings. The topological polar surface area (TPSA) is 57.5 Å². The summed E-state index contributed by atoms with van der Waals surface area (Å²) in [7, 11) is 14.4. The van der Waals surface area contributed by atoms with E-state index in [0.717, 1.165) is 32.1 Å². The van der Waals surface area contributed by atoms with Gasteiger partial charge < -0.3 is 0 Å². The van der Waals surface area contributed by atoms with Crippen LogP contribution in [0.5, 0.6) is 0 Å². The Morgan fingerprint density at radius 1 is 1.06 bits per heavy atom. The Labute approximate surface area is 117 Å². The zero-order valence-electron chi connectivity index (χ0n) is 9.67. The fraction of sp³-hybridized carbons (Fsp3) is 0.900. The summed E-state index contributed by atoms with van der Waals surface area (Å²) in [5, 5.41) is 17.4. The average Bonchev–Trinajstić information content (AvgIpc) is 2.19. The van der Waals surface area contributed by atoms with Crippen molar-refractivity contribution < 1.29 is 15.0 Å². The number of unbranched alkanes of at least 4 members (excludes halogenated alkanes) is 4. The van der Waals surface area contributed by atoms with Gasteiger partial charge in [0.25, 0.3) is 0 Å². The molecule has 0 rings (SSSR count). The van der Waals surface area contributed by atoms with Gasteiger partial charge in [0.15, 0.2) is 0 Å².